The van der Waals surface area contributed by atoms with Crippen LogP contribution < -0.4 is 5.32 Å². The molecule has 2 aromatic rings. The molecule has 2 rings (SSSR count). The first-order valence-corrected chi connectivity index (χ1v) is 10.3. The van der Waals surface area contributed by atoms with Gasteiger partial charge in [0.25, 0.3) is 0 Å². The second kappa shape index (κ2) is 8.53. The van der Waals surface area contributed by atoms with Crippen molar-refractivity contribution >= 4 is 50.8 Å². The molecule has 7 heteroatoms. The highest BCUT2D eigenvalue weighted by Crippen LogP contribution is 2.36. The standard InChI is InChI=1S/C14H18BrN3S3/c1-9(2)7-16-8-10-4-5-12(11(15)6-10)20-14-18-17-13(19-3)21-14/h4-6,9,16H,7-8H2,1-3H3. The van der Waals surface area contributed by atoms with Crippen LogP contribution in [-0.4, -0.2) is 23.0 Å². The number of nitrogens with one attached hydrogen (secondary N) is 1. The van der Waals surface area contributed by atoms with E-state index < -0.39 is 0 Å². The fourth-order valence-electron chi connectivity index (χ4n) is 1.66. The Bertz CT molecular complexity index is 587. The van der Waals surface area contributed by atoms with Crippen LogP contribution in [0, 0.1) is 5.92 Å². The van der Waals surface area contributed by atoms with Crippen LogP contribution in [0.4, 0.5) is 0 Å². The van der Waals surface area contributed by atoms with E-state index >= 15 is 0 Å². The van der Waals surface area contributed by atoms with Gasteiger partial charge in [-0.25, -0.2) is 0 Å². The summed E-state index contributed by atoms with van der Waals surface area (Å²) in [6.07, 6.45) is 2.02. The molecule has 1 heterocycles. The lowest BCUT2D eigenvalue weighted by Crippen LogP contribution is -2.18. The summed E-state index contributed by atoms with van der Waals surface area (Å²) in [4.78, 5) is 1.17. The van der Waals surface area contributed by atoms with Crippen molar-refractivity contribution in [3.8, 4) is 0 Å². The van der Waals surface area contributed by atoms with E-state index in [1.54, 1.807) is 34.9 Å². The number of halogens is 1. The molecule has 0 fully saturated rings. The Morgan fingerprint density at radius 3 is 2.67 bits per heavy atom. The molecule has 0 aliphatic heterocycles. The summed E-state index contributed by atoms with van der Waals surface area (Å²) in [5.74, 6) is 0.673. The van der Waals surface area contributed by atoms with Crippen molar-refractivity contribution in [2.75, 3.05) is 12.8 Å². The molecular formula is C14H18BrN3S3. The van der Waals surface area contributed by atoms with Crippen molar-refractivity contribution < 1.29 is 0 Å². The third-order valence-electron chi connectivity index (χ3n) is 2.64. The molecule has 21 heavy (non-hydrogen) atoms. The van der Waals surface area contributed by atoms with Gasteiger partial charge in [0.1, 0.15) is 0 Å². The molecule has 0 unspecified atom stereocenters. The minimum absolute atomic E-state index is 0.673. The normalized spacial score (nSPS) is 11.3. The zero-order valence-electron chi connectivity index (χ0n) is 12.2. The second-order valence-corrected chi connectivity index (χ2v) is 9.10. The van der Waals surface area contributed by atoms with E-state index in [2.05, 4.69) is 63.5 Å². The lowest BCUT2D eigenvalue weighted by atomic mass is 10.2. The predicted molar refractivity (Wildman–Crippen MR) is 96.5 cm³/mol. The molecule has 0 aliphatic rings. The molecule has 114 valence electrons. The van der Waals surface area contributed by atoms with Gasteiger partial charge in [0.15, 0.2) is 8.68 Å². The van der Waals surface area contributed by atoms with Crippen molar-refractivity contribution in [1.82, 2.24) is 15.5 Å². The van der Waals surface area contributed by atoms with Crippen molar-refractivity contribution in [3.63, 3.8) is 0 Å². The molecule has 0 atom stereocenters. The molecule has 0 radical (unpaired) electrons. The zero-order valence-corrected chi connectivity index (χ0v) is 16.3. The summed E-state index contributed by atoms with van der Waals surface area (Å²) in [6.45, 7) is 6.37. The lowest BCUT2D eigenvalue weighted by Gasteiger charge is -2.09. The third-order valence-corrected chi connectivity index (χ3v) is 6.58. The number of aromatic nitrogens is 2. The number of hydrogen-bond acceptors (Lipinski definition) is 6. The maximum atomic E-state index is 4.19. The highest BCUT2D eigenvalue weighted by molar-refractivity contribution is 9.10. The number of hydrogen-bond donors (Lipinski definition) is 1. The first kappa shape index (κ1) is 17.3. The molecule has 3 nitrogen and oxygen atoms in total. The van der Waals surface area contributed by atoms with Crippen molar-refractivity contribution in [3.05, 3.63) is 28.2 Å². The SMILES string of the molecule is CSc1nnc(Sc2ccc(CNCC(C)C)cc2Br)s1. The molecule has 1 N–H and O–H groups in total. The van der Waals surface area contributed by atoms with Crippen LogP contribution in [0.25, 0.3) is 0 Å². The quantitative estimate of drug-likeness (QED) is 0.663. The molecule has 0 aliphatic carbocycles. The van der Waals surface area contributed by atoms with Gasteiger partial charge in [-0.05, 0) is 52.3 Å². The Morgan fingerprint density at radius 1 is 1.29 bits per heavy atom. The van der Waals surface area contributed by atoms with Gasteiger partial charge in [-0.1, -0.05) is 54.8 Å². The first-order valence-electron chi connectivity index (χ1n) is 6.63. The maximum Gasteiger partial charge on any atom is 0.179 e. The van der Waals surface area contributed by atoms with E-state index in [-0.39, 0.29) is 0 Å². The van der Waals surface area contributed by atoms with E-state index in [9.17, 15) is 0 Å². The molecular weight excluding hydrogens is 386 g/mol. The summed E-state index contributed by atoms with van der Waals surface area (Å²) in [7, 11) is 0. The number of nitrogens with zero attached hydrogens (tertiary/aromatic N) is 2. The Labute approximate surface area is 146 Å². The minimum atomic E-state index is 0.673. The highest BCUT2D eigenvalue weighted by Gasteiger charge is 2.08. The Balaban J connectivity index is 1.98. The smallest absolute Gasteiger partial charge is 0.179 e. The van der Waals surface area contributed by atoms with Crippen LogP contribution >= 0.6 is 50.8 Å². The average Bonchev–Trinajstić information content (AvgIpc) is 2.89. The molecule has 0 bridgehead atoms. The van der Waals surface area contributed by atoms with Crippen molar-refractivity contribution in [2.24, 2.45) is 5.92 Å². The van der Waals surface area contributed by atoms with Crippen LogP contribution in [0.5, 0.6) is 0 Å². The average molecular weight is 404 g/mol. The van der Waals surface area contributed by atoms with Gasteiger partial charge in [0.2, 0.25) is 0 Å². The van der Waals surface area contributed by atoms with Crippen LogP contribution in [-0.2, 0) is 6.54 Å². The van der Waals surface area contributed by atoms with Crippen LogP contribution in [0.2, 0.25) is 0 Å². The van der Waals surface area contributed by atoms with E-state index in [1.165, 1.54) is 10.5 Å². The van der Waals surface area contributed by atoms with Gasteiger partial charge in [-0.3, -0.25) is 0 Å². The topological polar surface area (TPSA) is 37.8 Å². The number of benzene rings is 1. The van der Waals surface area contributed by atoms with Gasteiger partial charge in [-0.15, -0.1) is 10.2 Å². The van der Waals surface area contributed by atoms with Crippen molar-refractivity contribution in [1.29, 1.82) is 0 Å². The molecule has 0 spiro atoms. The summed E-state index contributed by atoms with van der Waals surface area (Å²) < 4.78 is 3.09. The van der Waals surface area contributed by atoms with Crippen LogP contribution in [0.15, 0.2) is 36.2 Å². The Hall–Kier alpha value is -0.0800. The van der Waals surface area contributed by atoms with Gasteiger partial charge >= 0.3 is 0 Å². The fraction of sp³-hybridized carbons (Fsp3) is 0.429. The predicted octanol–water partition coefficient (Wildman–Crippen LogP) is 4.92. The molecule has 1 aromatic heterocycles. The first-order chi connectivity index (χ1) is 10.1. The van der Waals surface area contributed by atoms with Gasteiger partial charge in [0.05, 0.1) is 0 Å². The van der Waals surface area contributed by atoms with Crippen LogP contribution in [0.1, 0.15) is 19.4 Å². The minimum Gasteiger partial charge on any atom is -0.312 e. The van der Waals surface area contributed by atoms with E-state index in [1.807, 2.05) is 6.26 Å². The largest absolute Gasteiger partial charge is 0.312 e. The monoisotopic (exact) mass is 403 g/mol. The number of thioether (sulfide) groups is 1. The number of rotatable bonds is 7. The summed E-state index contributed by atoms with van der Waals surface area (Å²) in [5.41, 5.74) is 1.29. The Kier molecular flexibility index (Phi) is 7.01. The zero-order chi connectivity index (χ0) is 15.2. The van der Waals surface area contributed by atoms with Gasteiger partial charge in [0, 0.05) is 15.9 Å². The molecule has 0 amide bonds. The summed E-state index contributed by atoms with van der Waals surface area (Å²) in [6, 6.07) is 6.48. The molecule has 0 saturated carbocycles. The second-order valence-electron chi connectivity index (χ2n) is 4.93. The maximum absolute atomic E-state index is 4.19. The van der Waals surface area contributed by atoms with E-state index in [4.69, 9.17) is 0 Å². The third kappa shape index (κ3) is 5.56. The summed E-state index contributed by atoms with van der Waals surface area (Å²) >= 11 is 8.56. The van der Waals surface area contributed by atoms with Gasteiger partial charge < -0.3 is 5.32 Å². The Morgan fingerprint density at radius 2 is 2.05 bits per heavy atom. The van der Waals surface area contributed by atoms with Crippen molar-refractivity contribution in [2.45, 2.75) is 34.0 Å². The van der Waals surface area contributed by atoms with Gasteiger partial charge in [-0.2, -0.15) is 0 Å². The van der Waals surface area contributed by atoms with Crippen LogP contribution in [0.3, 0.4) is 0 Å². The van der Waals surface area contributed by atoms with E-state index in [0.717, 1.165) is 26.2 Å². The fourth-order valence-corrected chi connectivity index (χ4v) is 4.72. The molecule has 0 saturated heterocycles. The highest BCUT2D eigenvalue weighted by atomic mass is 79.9. The lowest BCUT2D eigenvalue weighted by molar-refractivity contribution is 0.552. The molecule has 1 aromatic carbocycles. The summed E-state index contributed by atoms with van der Waals surface area (Å²) in [5, 5.41) is 11.8. The van der Waals surface area contributed by atoms with E-state index in [0.29, 0.717) is 5.92 Å².